The van der Waals surface area contributed by atoms with Crippen molar-refractivity contribution in [3.63, 3.8) is 0 Å². The van der Waals surface area contributed by atoms with E-state index in [2.05, 4.69) is 14.1 Å². The summed E-state index contributed by atoms with van der Waals surface area (Å²) < 4.78 is 11.4. The number of fused-ring (bicyclic) bond motifs is 1. The Labute approximate surface area is 169 Å². The number of oxazole rings is 1. The van der Waals surface area contributed by atoms with Gasteiger partial charge in [0.25, 0.3) is 0 Å². The lowest BCUT2D eigenvalue weighted by Crippen LogP contribution is -2.35. The van der Waals surface area contributed by atoms with Crippen LogP contribution < -0.4 is 0 Å². The zero-order valence-electron chi connectivity index (χ0n) is 16.0. The van der Waals surface area contributed by atoms with Gasteiger partial charge in [-0.05, 0) is 62.9 Å². The van der Waals surface area contributed by atoms with Crippen LogP contribution in [0.25, 0.3) is 11.1 Å². The molecule has 0 N–H and O–H groups in total. The Bertz CT molecular complexity index is 1030. The van der Waals surface area contributed by atoms with Gasteiger partial charge < -0.3 is 8.98 Å². The Kier molecular flexibility index (Phi) is 3.94. The standard InChI is InChI=1S/C21H25N5OS/c28-21-25(23-19(14-5-6-14)26(21)16-7-8-16)13-24-11-9-15(10-12-24)20-22-17-3-1-2-4-18(17)27-20/h1-4,14-16H,5-13H2. The van der Waals surface area contributed by atoms with Gasteiger partial charge in [-0.25, -0.2) is 9.67 Å². The zero-order chi connectivity index (χ0) is 18.7. The van der Waals surface area contributed by atoms with Gasteiger partial charge in [0.1, 0.15) is 11.3 Å². The highest BCUT2D eigenvalue weighted by atomic mass is 32.1. The minimum absolute atomic E-state index is 0.405. The molecule has 0 atom stereocenters. The van der Waals surface area contributed by atoms with E-state index in [1.165, 1.54) is 31.5 Å². The summed E-state index contributed by atoms with van der Waals surface area (Å²) in [6, 6.07) is 8.64. The van der Waals surface area contributed by atoms with Crippen molar-refractivity contribution in [1.82, 2.24) is 24.2 Å². The summed E-state index contributed by atoms with van der Waals surface area (Å²) in [5, 5.41) is 4.94. The van der Waals surface area contributed by atoms with Crippen LogP contribution in [-0.2, 0) is 6.67 Å². The molecule has 0 radical (unpaired) electrons. The number of aromatic nitrogens is 4. The number of nitrogens with zero attached hydrogens (tertiary/aromatic N) is 5. The molecule has 28 heavy (non-hydrogen) atoms. The van der Waals surface area contributed by atoms with Gasteiger partial charge in [-0.15, -0.1) is 0 Å². The number of piperidine rings is 1. The molecule has 0 unspecified atom stereocenters. The normalized spacial score (nSPS) is 21.6. The van der Waals surface area contributed by atoms with Gasteiger partial charge in [0.2, 0.25) is 0 Å². The third kappa shape index (κ3) is 3.01. The smallest absolute Gasteiger partial charge is 0.199 e. The molecule has 2 aliphatic carbocycles. The third-order valence-corrected chi connectivity index (χ3v) is 6.74. The van der Waals surface area contributed by atoms with Gasteiger partial charge in [-0.3, -0.25) is 4.90 Å². The number of hydrogen-bond acceptors (Lipinski definition) is 5. The van der Waals surface area contributed by atoms with E-state index in [0.29, 0.717) is 17.9 Å². The minimum atomic E-state index is 0.405. The Morgan fingerprint density at radius 2 is 1.79 bits per heavy atom. The fourth-order valence-electron chi connectivity index (χ4n) is 4.40. The van der Waals surface area contributed by atoms with Crippen LogP contribution in [-0.4, -0.2) is 37.3 Å². The van der Waals surface area contributed by atoms with Crippen molar-refractivity contribution in [1.29, 1.82) is 0 Å². The number of para-hydroxylation sites is 2. The van der Waals surface area contributed by atoms with Crippen LogP contribution in [0, 0.1) is 4.77 Å². The van der Waals surface area contributed by atoms with Crippen molar-refractivity contribution in [3.05, 3.63) is 40.8 Å². The van der Waals surface area contributed by atoms with Gasteiger partial charge in [0, 0.05) is 31.0 Å². The van der Waals surface area contributed by atoms with Gasteiger partial charge in [-0.2, -0.15) is 5.10 Å². The van der Waals surface area contributed by atoms with E-state index >= 15 is 0 Å². The summed E-state index contributed by atoms with van der Waals surface area (Å²) in [6.45, 7) is 2.86. The van der Waals surface area contributed by atoms with Crippen LogP contribution in [0.15, 0.2) is 28.7 Å². The summed E-state index contributed by atoms with van der Waals surface area (Å²) in [5.74, 6) is 3.19. The number of likely N-dealkylation sites (tertiary alicyclic amines) is 1. The summed E-state index contributed by atoms with van der Waals surface area (Å²) >= 11 is 5.79. The molecule has 146 valence electrons. The van der Waals surface area contributed by atoms with Crippen molar-refractivity contribution in [2.45, 2.75) is 63.1 Å². The second kappa shape index (κ2) is 6.52. The van der Waals surface area contributed by atoms with E-state index in [1.54, 1.807) is 0 Å². The Morgan fingerprint density at radius 1 is 1.00 bits per heavy atom. The predicted molar refractivity (Wildman–Crippen MR) is 109 cm³/mol. The van der Waals surface area contributed by atoms with Gasteiger partial charge in [0.15, 0.2) is 16.2 Å². The molecule has 2 saturated carbocycles. The second-order valence-electron chi connectivity index (χ2n) is 8.57. The van der Waals surface area contributed by atoms with E-state index in [-0.39, 0.29) is 0 Å². The molecule has 7 heteroatoms. The van der Waals surface area contributed by atoms with Crippen LogP contribution in [0.4, 0.5) is 0 Å². The summed E-state index contributed by atoms with van der Waals surface area (Å²) in [6.07, 6.45) is 7.20. The van der Waals surface area contributed by atoms with Crippen LogP contribution in [0.1, 0.15) is 68.1 Å². The largest absolute Gasteiger partial charge is 0.440 e. The monoisotopic (exact) mass is 395 g/mol. The molecule has 6 nitrogen and oxygen atoms in total. The molecule has 3 heterocycles. The molecule has 3 fully saturated rings. The summed E-state index contributed by atoms with van der Waals surface area (Å²) in [7, 11) is 0. The highest BCUT2D eigenvalue weighted by Crippen LogP contribution is 2.44. The second-order valence-corrected chi connectivity index (χ2v) is 8.93. The quantitative estimate of drug-likeness (QED) is 0.591. The fourth-order valence-corrected chi connectivity index (χ4v) is 4.74. The average Bonchev–Trinajstić information content (AvgIpc) is 3.64. The molecular formula is C21H25N5OS. The Balaban J connectivity index is 1.15. The molecule has 1 aromatic carbocycles. The third-order valence-electron chi connectivity index (χ3n) is 6.33. The molecule has 1 aliphatic heterocycles. The number of rotatable bonds is 5. The van der Waals surface area contributed by atoms with Crippen molar-refractivity contribution >= 4 is 23.3 Å². The maximum atomic E-state index is 6.00. The lowest BCUT2D eigenvalue weighted by molar-refractivity contribution is 0.153. The highest BCUT2D eigenvalue weighted by molar-refractivity contribution is 7.71. The highest BCUT2D eigenvalue weighted by Gasteiger charge is 2.36. The topological polar surface area (TPSA) is 52.0 Å². The predicted octanol–water partition coefficient (Wildman–Crippen LogP) is 4.60. The molecule has 2 aromatic heterocycles. The summed E-state index contributed by atoms with van der Waals surface area (Å²) in [4.78, 5) is 7.17. The average molecular weight is 396 g/mol. The van der Waals surface area contributed by atoms with E-state index < -0.39 is 0 Å². The first-order chi connectivity index (χ1) is 13.8. The van der Waals surface area contributed by atoms with E-state index in [9.17, 15) is 0 Å². The first-order valence-corrected chi connectivity index (χ1v) is 10.9. The van der Waals surface area contributed by atoms with Crippen molar-refractivity contribution in [3.8, 4) is 0 Å². The van der Waals surface area contributed by atoms with Crippen LogP contribution in [0.3, 0.4) is 0 Å². The van der Waals surface area contributed by atoms with Gasteiger partial charge in [0.05, 0.1) is 6.67 Å². The molecule has 6 rings (SSSR count). The lowest BCUT2D eigenvalue weighted by atomic mass is 9.97. The van der Waals surface area contributed by atoms with E-state index in [0.717, 1.165) is 54.4 Å². The fraction of sp³-hybridized carbons (Fsp3) is 0.571. The van der Waals surface area contributed by atoms with Gasteiger partial charge >= 0.3 is 0 Å². The molecule has 0 bridgehead atoms. The van der Waals surface area contributed by atoms with Crippen molar-refractivity contribution in [2.24, 2.45) is 0 Å². The molecule has 0 amide bonds. The molecule has 0 spiro atoms. The Hall–Kier alpha value is -1.99. The van der Waals surface area contributed by atoms with Crippen molar-refractivity contribution in [2.75, 3.05) is 13.1 Å². The lowest BCUT2D eigenvalue weighted by Gasteiger charge is -2.30. The summed E-state index contributed by atoms with van der Waals surface area (Å²) in [5.41, 5.74) is 1.86. The maximum Gasteiger partial charge on any atom is 0.199 e. The molecule has 3 aliphatic rings. The van der Waals surface area contributed by atoms with Crippen LogP contribution in [0.5, 0.6) is 0 Å². The minimum Gasteiger partial charge on any atom is -0.440 e. The molecular weight excluding hydrogens is 370 g/mol. The SMILES string of the molecule is S=c1n(CN2CCC(c3nc4ccccc4o3)CC2)nc(C2CC2)n1C1CC1. The van der Waals surface area contributed by atoms with Crippen LogP contribution in [0.2, 0.25) is 0 Å². The van der Waals surface area contributed by atoms with Crippen LogP contribution >= 0.6 is 12.2 Å². The molecule has 3 aromatic rings. The first-order valence-electron chi connectivity index (χ1n) is 10.5. The van der Waals surface area contributed by atoms with E-state index in [1.807, 2.05) is 24.3 Å². The van der Waals surface area contributed by atoms with Gasteiger partial charge in [-0.1, -0.05) is 12.1 Å². The number of hydrogen-bond donors (Lipinski definition) is 0. The number of benzene rings is 1. The van der Waals surface area contributed by atoms with Crippen molar-refractivity contribution < 1.29 is 4.42 Å². The maximum absolute atomic E-state index is 6.00. The Morgan fingerprint density at radius 3 is 2.50 bits per heavy atom. The zero-order valence-corrected chi connectivity index (χ0v) is 16.8. The first kappa shape index (κ1) is 16.9. The van der Waals surface area contributed by atoms with E-state index in [4.69, 9.17) is 26.7 Å². The molecule has 1 saturated heterocycles.